The summed E-state index contributed by atoms with van der Waals surface area (Å²) in [5.74, 6) is 3.63. The zero-order valence-corrected chi connectivity index (χ0v) is 14.2. The van der Waals surface area contributed by atoms with E-state index in [2.05, 4.69) is 50.8 Å². The minimum absolute atomic E-state index is 0.679. The van der Waals surface area contributed by atoms with Gasteiger partial charge >= 0.3 is 0 Å². The van der Waals surface area contributed by atoms with Gasteiger partial charge in [-0.15, -0.1) is 0 Å². The molecule has 5 nitrogen and oxygen atoms in total. The fourth-order valence-corrected chi connectivity index (χ4v) is 3.68. The number of guanidine groups is 1. The highest BCUT2D eigenvalue weighted by Gasteiger charge is 2.24. The summed E-state index contributed by atoms with van der Waals surface area (Å²) < 4.78 is 0. The highest BCUT2D eigenvalue weighted by Crippen LogP contribution is 2.24. The molecule has 1 aromatic rings. The molecule has 0 radical (unpaired) electrons. The van der Waals surface area contributed by atoms with Gasteiger partial charge in [-0.1, -0.05) is 13.8 Å². The molecular formula is C15H25N5S. The van der Waals surface area contributed by atoms with Crippen LogP contribution < -0.4 is 5.32 Å². The van der Waals surface area contributed by atoms with Crippen molar-refractivity contribution in [2.24, 2.45) is 10.9 Å². The van der Waals surface area contributed by atoms with Gasteiger partial charge in [-0.25, -0.2) is 9.97 Å². The largest absolute Gasteiger partial charge is 0.351 e. The third-order valence-corrected chi connectivity index (χ3v) is 5.15. The van der Waals surface area contributed by atoms with E-state index < -0.39 is 0 Å². The molecule has 2 heterocycles. The molecular weight excluding hydrogens is 282 g/mol. The molecule has 1 unspecified atom stereocenters. The highest BCUT2D eigenvalue weighted by atomic mass is 32.2. The topological polar surface area (TPSA) is 53.4 Å². The van der Waals surface area contributed by atoms with Gasteiger partial charge in [-0.3, -0.25) is 4.99 Å². The van der Waals surface area contributed by atoms with E-state index in [4.69, 9.17) is 0 Å². The van der Waals surface area contributed by atoms with E-state index in [1.54, 1.807) is 6.20 Å². The fourth-order valence-electron chi connectivity index (χ4n) is 2.38. The molecule has 0 bridgehead atoms. The standard InChI is InChI=1S/C15H25N5S/c1-11(2)14-10-20(7-8-21-14)15(16-4)18-9-13-5-6-17-12(3)19-13/h5-6,11,14H,7-10H2,1-4H3,(H,16,18). The second-order valence-corrected chi connectivity index (χ2v) is 6.94. The number of nitrogens with zero attached hydrogens (tertiary/aromatic N) is 4. The summed E-state index contributed by atoms with van der Waals surface area (Å²) in [6.45, 7) is 9.29. The van der Waals surface area contributed by atoms with Crippen molar-refractivity contribution in [3.05, 3.63) is 23.8 Å². The van der Waals surface area contributed by atoms with E-state index in [1.807, 2.05) is 20.0 Å². The van der Waals surface area contributed by atoms with Gasteiger partial charge in [-0.05, 0) is 18.9 Å². The third kappa shape index (κ3) is 4.59. The lowest BCUT2D eigenvalue weighted by Gasteiger charge is -2.36. The summed E-state index contributed by atoms with van der Waals surface area (Å²) in [6.07, 6.45) is 1.80. The van der Waals surface area contributed by atoms with Crippen LogP contribution >= 0.6 is 11.8 Å². The van der Waals surface area contributed by atoms with Crippen molar-refractivity contribution in [3.8, 4) is 0 Å². The third-order valence-electron chi connectivity index (χ3n) is 3.61. The van der Waals surface area contributed by atoms with Gasteiger partial charge in [0.15, 0.2) is 5.96 Å². The summed E-state index contributed by atoms with van der Waals surface area (Å²) in [7, 11) is 1.85. The maximum atomic E-state index is 4.42. The van der Waals surface area contributed by atoms with Crippen molar-refractivity contribution in [2.45, 2.75) is 32.6 Å². The van der Waals surface area contributed by atoms with E-state index in [0.29, 0.717) is 17.7 Å². The Bertz CT molecular complexity index is 489. The molecule has 0 spiro atoms. The van der Waals surface area contributed by atoms with Crippen LogP contribution in [0.3, 0.4) is 0 Å². The van der Waals surface area contributed by atoms with Gasteiger partial charge in [0.1, 0.15) is 5.82 Å². The van der Waals surface area contributed by atoms with E-state index >= 15 is 0 Å². The van der Waals surface area contributed by atoms with E-state index in [0.717, 1.165) is 36.3 Å². The molecule has 0 saturated carbocycles. The van der Waals surface area contributed by atoms with Crippen LogP contribution in [-0.4, -0.2) is 52.0 Å². The van der Waals surface area contributed by atoms with Crippen LogP contribution in [0.1, 0.15) is 25.4 Å². The SMILES string of the molecule is CN=C(NCc1ccnc(C)n1)N1CCSC(C(C)C)C1. The predicted molar refractivity (Wildman–Crippen MR) is 89.6 cm³/mol. The van der Waals surface area contributed by atoms with Crippen LogP contribution in [0.15, 0.2) is 17.3 Å². The number of nitrogens with one attached hydrogen (secondary N) is 1. The summed E-state index contributed by atoms with van der Waals surface area (Å²) >= 11 is 2.07. The van der Waals surface area contributed by atoms with Gasteiger partial charge in [0.05, 0.1) is 12.2 Å². The Labute approximate surface area is 131 Å². The molecule has 21 heavy (non-hydrogen) atoms. The van der Waals surface area contributed by atoms with Crippen LogP contribution in [0.2, 0.25) is 0 Å². The first-order valence-corrected chi connectivity index (χ1v) is 8.50. The van der Waals surface area contributed by atoms with Crippen LogP contribution in [-0.2, 0) is 6.54 Å². The monoisotopic (exact) mass is 307 g/mol. The lowest BCUT2D eigenvalue weighted by molar-refractivity contribution is 0.380. The second kappa shape index (κ2) is 7.64. The Morgan fingerprint density at radius 1 is 1.57 bits per heavy atom. The van der Waals surface area contributed by atoms with E-state index in [1.165, 1.54) is 0 Å². The van der Waals surface area contributed by atoms with Gasteiger partial charge in [0, 0.05) is 37.3 Å². The molecule has 0 amide bonds. The maximum Gasteiger partial charge on any atom is 0.194 e. The van der Waals surface area contributed by atoms with Crippen molar-refractivity contribution < 1.29 is 0 Å². The minimum Gasteiger partial charge on any atom is -0.351 e. The first-order chi connectivity index (χ1) is 10.1. The van der Waals surface area contributed by atoms with Crippen molar-refractivity contribution in [1.29, 1.82) is 0 Å². The summed E-state index contributed by atoms with van der Waals surface area (Å²) in [6, 6.07) is 1.94. The number of aromatic nitrogens is 2. The average molecular weight is 307 g/mol. The van der Waals surface area contributed by atoms with E-state index in [9.17, 15) is 0 Å². The van der Waals surface area contributed by atoms with Crippen LogP contribution in [0.5, 0.6) is 0 Å². The highest BCUT2D eigenvalue weighted by molar-refractivity contribution is 8.00. The number of aliphatic imine (C=N–C) groups is 1. The summed E-state index contributed by atoms with van der Waals surface area (Å²) in [4.78, 5) is 15.3. The average Bonchev–Trinajstić information content (AvgIpc) is 2.48. The number of thioether (sulfide) groups is 1. The van der Waals surface area contributed by atoms with Crippen molar-refractivity contribution >= 4 is 17.7 Å². The fraction of sp³-hybridized carbons (Fsp3) is 0.667. The van der Waals surface area contributed by atoms with Gasteiger partial charge in [0.2, 0.25) is 0 Å². The van der Waals surface area contributed by atoms with Crippen LogP contribution in [0.25, 0.3) is 0 Å². The zero-order chi connectivity index (χ0) is 15.2. The first-order valence-electron chi connectivity index (χ1n) is 7.46. The molecule has 0 aromatic carbocycles. The molecule has 1 saturated heterocycles. The number of aryl methyl sites for hydroxylation is 1. The van der Waals surface area contributed by atoms with Crippen LogP contribution in [0.4, 0.5) is 0 Å². The van der Waals surface area contributed by atoms with Gasteiger partial charge < -0.3 is 10.2 Å². The Morgan fingerprint density at radius 3 is 3.05 bits per heavy atom. The molecule has 1 aliphatic rings. The molecule has 1 fully saturated rings. The lowest BCUT2D eigenvalue weighted by Crippen LogP contribution is -2.48. The van der Waals surface area contributed by atoms with E-state index in [-0.39, 0.29) is 0 Å². The number of hydrogen-bond donors (Lipinski definition) is 1. The Morgan fingerprint density at radius 2 is 2.38 bits per heavy atom. The van der Waals surface area contributed by atoms with Crippen molar-refractivity contribution in [3.63, 3.8) is 0 Å². The number of rotatable bonds is 3. The minimum atomic E-state index is 0.679. The quantitative estimate of drug-likeness (QED) is 0.683. The Hall–Kier alpha value is -1.30. The predicted octanol–water partition coefficient (Wildman–Crippen LogP) is 1.93. The molecule has 1 aromatic heterocycles. The molecule has 0 aliphatic carbocycles. The molecule has 1 atom stereocenters. The smallest absolute Gasteiger partial charge is 0.194 e. The number of hydrogen-bond acceptors (Lipinski definition) is 4. The normalized spacial score (nSPS) is 20.0. The van der Waals surface area contributed by atoms with Crippen molar-refractivity contribution in [2.75, 3.05) is 25.9 Å². The second-order valence-electron chi connectivity index (χ2n) is 5.60. The first kappa shape index (κ1) is 16.1. The van der Waals surface area contributed by atoms with Gasteiger partial charge in [-0.2, -0.15) is 11.8 Å². The molecule has 1 aliphatic heterocycles. The van der Waals surface area contributed by atoms with Crippen molar-refractivity contribution in [1.82, 2.24) is 20.2 Å². The maximum absolute atomic E-state index is 4.42. The van der Waals surface area contributed by atoms with Crippen LogP contribution in [0, 0.1) is 12.8 Å². The Balaban J connectivity index is 1.94. The summed E-state index contributed by atoms with van der Waals surface area (Å²) in [5.41, 5.74) is 0.996. The molecule has 116 valence electrons. The lowest BCUT2D eigenvalue weighted by atomic mass is 10.1. The zero-order valence-electron chi connectivity index (χ0n) is 13.3. The molecule has 1 N–H and O–H groups in total. The summed E-state index contributed by atoms with van der Waals surface area (Å²) in [5, 5.41) is 4.10. The van der Waals surface area contributed by atoms with Gasteiger partial charge in [0.25, 0.3) is 0 Å². The molecule has 6 heteroatoms. The molecule has 2 rings (SSSR count). The Kier molecular flexibility index (Phi) is 5.85.